The lowest BCUT2D eigenvalue weighted by atomic mass is 9.70. The number of nitrogens with zero attached hydrogens (tertiary/aromatic N) is 3. The molecule has 1 aromatic rings. The van der Waals surface area contributed by atoms with E-state index in [2.05, 4.69) is 29.5 Å². The van der Waals surface area contributed by atoms with E-state index >= 15 is 0 Å². The van der Waals surface area contributed by atoms with Gasteiger partial charge in [-0.3, -0.25) is 19.2 Å². The molecule has 4 aliphatic rings. The second kappa shape index (κ2) is 13.5. The second-order valence-electron chi connectivity index (χ2n) is 15.7. The summed E-state index contributed by atoms with van der Waals surface area (Å²) in [7, 11) is 1.55. The summed E-state index contributed by atoms with van der Waals surface area (Å²) in [5.41, 5.74) is -0.911. The van der Waals surface area contributed by atoms with Crippen molar-refractivity contribution in [1.82, 2.24) is 25.4 Å². The van der Waals surface area contributed by atoms with E-state index in [0.29, 0.717) is 48.7 Å². The fraction of sp³-hybridized carbons (Fsp3) is 0.794. The Morgan fingerprint density at radius 3 is 2.33 bits per heavy atom. The standard InChI is InChI=1S/C34H53N5O6S/c1-21(44-16-22-11-9-8-10-12-22)27(29(41)35-7)37-28(40)24-15-38(31(43)25-14-36-26(46-25)17-45-32(2,3)4)18-34(24)19-39(20-34)30(42)23-13-33(23,5)6/h14,21-24,27H,8-13,15-20H2,1-7H3,(H,35,41)(H,37,40)/t21-,23-,24-,27+/m1/s1. The Kier molecular flexibility index (Phi) is 10.2. The Morgan fingerprint density at radius 2 is 1.72 bits per heavy atom. The molecule has 1 spiro atoms. The van der Waals surface area contributed by atoms with Crippen molar-refractivity contribution in [2.45, 2.75) is 104 Å². The van der Waals surface area contributed by atoms with Crippen LogP contribution in [0.15, 0.2) is 6.20 Å². The van der Waals surface area contributed by atoms with E-state index in [1.54, 1.807) is 18.1 Å². The van der Waals surface area contributed by atoms with Crippen molar-refractivity contribution in [3.8, 4) is 0 Å². The Bertz CT molecular complexity index is 1290. The first-order valence-electron chi connectivity index (χ1n) is 16.9. The van der Waals surface area contributed by atoms with Gasteiger partial charge in [0.1, 0.15) is 15.9 Å². The highest BCUT2D eigenvalue weighted by Crippen LogP contribution is 2.54. The van der Waals surface area contributed by atoms with Gasteiger partial charge in [0.25, 0.3) is 5.91 Å². The van der Waals surface area contributed by atoms with E-state index in [-0.39, 0.29) is 47.1 Å². The van der Waals surface area contributed by atoms with Crippen LogP contribution in [0.2, 0.25) is 0 Å². The molecular formula is C34H53N5O6S. The van der Waals surface area contributed by atoms with Crippen molar-refractivity contribution in [3.05, 3.63) is 16.1 Å². The van der Waals surface area contributed by atoms with Crippen LogP contribution >= 0.6 is 11.3 Å². The average Bonchev–Trinajstić information content (AvgIpc) is 3.33. The minimum Gasteiger partial charge on any atom is -0.376 e. The number of carbonyl (C=O) groups is 4. The number of rotatable bonds is 11. The molecule has 256 valence electrons. The SMILES string of the molecule is CNC(=O)[C@@H](NC(=O)[C@H]1CN(C(=O)c2cnc(COC(C)(C)C)s2)CC12CN(C(=O)[C@H]1CC1(C)C)C2)[C@@H](C)OCC1CCCCC1. The second-order valence-corrected chi connectivity index (χ2v) is 16.8. The van der Waals surface area contributed by atoms with Gasteiger partial charge in [-0.05, 0) is 58.3 Å². The summed E-state index contributed by atoms with van der Waals surface area (Å²) in [6, 6.07) is -0.875. The molecule has 2 aliphatic carbocycles. The zero-order valence-electron chi connectivity index (χ0n) is 28.6. The topological polar surface area (TPSA) is 130 Å². The lowest BCUT2D eigenvalue weighted by Crippen LogP contribution is -2.65. The zero-order valence-corrected chi connectivity index (χ0v) is 29.5. The van der Waals surface area contributed by atoms with E-state index in [9.17, 15) is 19.2 Å². The summed E-state index contributed by atoms with van der Waals surface area (Å²) in [5, 5.41) is 6.40. The maximum absolute atomic E-state index is 14.1. The molecule has 46 heavy (non-hydrogen) atoms. The maximum atomic E-state index is 14.1. The molecule has 4 fully saturated rings. The fourth-order valence-electron chi connectivity index (χ4n) is 7.24. The van der Waals surface area contributed by atoms with Gasteiger partial charge in [0.15, 0.2) is 0 Å². The zero-order chi connectivity index (χ0) is 33.4. The molecule has 4 amide bonds. The number of likely N-dealkylation sites (N-methyl/N-ethyl adjacent to an activating group) is 1. The molecule has 2 aliphatic heterocycles. The number of hydrogen-bond acceptors (Lipinski definition) is 8. The quantitative estimate of drug-likeness (QED) is 0.371. The average molecular weight is 660 g/mol. The van der Waals surface area contributed by atoms with Crippen LogP contribution in [0.25, 0.3) is 0 Å². The van der Waals surface area contributed by atoms with E-state index < -0.39 is 23.5 Å². The van der Waals surface area contributed by atoms with Crippen LogP contribution in [0, 0.1) is 28.6 Å². The van der Waals surface area contributed by atoms with Gasteiger partial charge in [0.05, 0.1) is 30.4 Å². The van der Waals surface area contributed by atoms with Crippen molar-refractivity contribution >= 4 is 35.0 Å². The molecule has 0 bridgehead atoms. The number of hydrogen-bond donors (Lipinski definition) is 2. The molecular weight excluding hydrogens is 606 g/mol. The number of aromatic nitrogens is 1. The lowest BCUT2D eigenvalue weighted by Gasteiger charge is -2.50. The van der Waals surface area contributed by atoms with Crippen LogP contribution in [0.4, 0.5) is 0 Å². The summed E-state index contributed by atoms with van der Waals surface area (Å²) in [4.78, 5) is 62.6. The van der Waals surface area contributed by atoms with Crippen molar-refractivity contribution in [1.29, 1.82) is 0 Å². The number of ether oxygens (including phenoxy) is 2. The molecule has 1 aromatic heterocycles. The molecule has 5 rings (SSSR count). The predicted octanol–water partition coefficient (Wildman–Crippen LogP) is 3.62. The van der Waals surface area contributed by atoms with Gasteiger partial charge in [0, 0.05) is 51.2 Å². The van der Waals surface area contributed by atoms with Gasteiger partial charge in [-0.1, -0.05) is 33.1 Å². The van der Waals surface area contributed by atoms with Crippen molar-refractivity contribution in [3.63, 3.8) is 0 Å². The first-order chi connectivity index (χ1) is 21.6. The largest absolute Gasteiger partial charge is 0.376 e. The van der Waals surface area contributed by atoms with E-state index in [1.807, 2.05) is 32.6 Å². The fourth-order valence-corrected chi connectivity index (χ4v) is 8.04. The number of thiazole rings is 1. The summed E-state index contributed by atoms with van der Waals surface area (Å²) in [5.74, 6) is -0.783. The van der Waals surface area contributed by atoms with Gasteiger partial charge >= 0.3 is 0 Å². The minimum absolute atomic E-state index is 0.00184. The lowest BCUT2D eigenvalue weighted by molar-refractivity contribution is -0.152. The van der Waals surface area contributed by atoms with Gasteiger partial charge in [-0.25, -0.2) is 4.98 Å². The summed E-state index contributed by atoms with van der Waals surface area (Å²) in [6.45, 7) is 14.2. The van der Waals surface area contributed by atoms with Crippen molar-refractivity contribution in [2.24, 2.45) is 28.6 Å². The Morgan fingerprint density at radius 1 is 1.07 bits per heavy atom. The summed E-state index contributed by atoms with van der Waals surface area (Å²) in [6.07, 6.45) is 7.81. The molecule has 2 saturated carbocycles. The van der Waals surface area contributed by atoms with Crippen LogP contribution in [-0.2, 0) is 30.5 Å². The molecule has 0 radical (unpaired) electrons. The van der Waals surface area contributed by atoms with Crippen molar-refractivity contribution in [2.75, 3.05) is 39.8 Å². The van der Waals surface area contributed by atoms with Crippen LogP contribution < -0.4 is 10.6 Å². The number of likely N-dealkylation sites (tertiary alicyclic amines) is 2. The smallest absolute Gasteiger partial charge is 0.265 e. The van der Waals surface area contributed by atoms with Gasteiger partial charge in [-0.15, -0.1) is 11.3 Å². The Hall–Kier alpha value is -2.57. The molecule has 0 aromatic carbocycles. The highest BCUT2D eigenvalue weighted by atomic mass is 32.1. The molecule has 2 saturated heterocycles. The summed E-state index contributed by atoms with van der Waals surface area (Å²) >= 11 is 1.30. The third-order valence-electron chi connectivity index (χ3n) is 10.4. The highest BCUT2D eigenvalue weighted by molar-refractivity contribution is 7.13. The minimum atomic E-state index is -0.875. The molecule has 4 atom stereocenters. The Labute approximate surface area is 277 Å². The van der Waals surface area contributed by atoms with Crippen LogP contribution in [-0.4, -0.2) is 96.0 Å². The van der Waals surface area contributed by atoms with E-state index in [0.717, 1.165) is 19.3 Å². The van der Waals surface area contributed by atoms with Crippen LogP contribution in [0.1, 0.15) is 94.7 Å². The summed E-state index contributed by atoms with van der Waals surface area (Å²) < 4.78 is 12.0. The molecule has 2 N–H and O–H groups in total. The first kappa shape index (κ1) is 34.8. The van der Waals surface area contributed by atoms with Crippen LogP contribution in [0.5, 0.6) is 0 Å². The van der Waals surface area contributed by atoms with Gasteiger partial charge in [-0.2, -0.15) is 0 Å². The monoisotopic (exact) mass is 659 g/mol. The predicted molar refractivity (Wildman–Crippen MR) is 175 cm³/mol. The number of nitrogens with one attached hydrogen (secondary N) is 2. The molecule has 11 nitrogen and oxygen atoms in total. The number of amides is 4. The molecule has 3 heterocycles. The molecule has 12 heteroatoms. The maximum Gasteiger partial charge on any atom is 0.265 e. The van der Waals surface area contributed by atoms with Crippen molar-refractivity contribution < 1.29 is 28.7 Å². The Balaban J connectivity index is 1.29. The van der Waals surface area contributed by atoms with Crippen LogP contribution in [0.3, 0.4) is 0 Å². The van der Waals surface area contributed by atoms with Gasteiger partial charge in [0.2, 0.25) is 17.7 Å². The highest BCUT2D eigenvalue weighted by Gasteiger charge is 2.62. The molecule has 0 unspecified atom stereocenters. The van der Waals surface area contributed by atoms with E-state index in [4.69, 9.17) is 9.47 Å². The first-order valence-corrected chi connectivity index (χ1v) is 17.7. The third kappa shape index (κ3) is 7.76. The van der Waals surface area contributed by atoms with E-state index in [1.165, 1.54) is 30.6 Å². The normalized spacial score (nSPS) is 25.1. The van der Waals surface area contributed by atoms with Gasteiger partial charge < -0.3 is 29.9 Å². The third-order valence-corrected chi connectivity index (χ3v) is 11.4. The number of carbonyl (C=O) groups excluding carboxylic acids is 4.